The Morgan fingerprint density at radius 3 is 2.49 bits per heavy atom. The molecule has 4 rings (SSSR count). The van der Waals surface area contributed by atoms with E-state index in [4.69, 9.17) is 4.74 Å². The Morgan fingerprint density at radius 1 is 1.05 bits per heavy atom. The highest BCUT2D eigenvalue weighted by Crippen LogP contribution is 2.28. The van der Waals surface area contributed by atoms with Crippen LogP contribution in [0.3, 0.4) is 0 Å². The second-order valence-electron chi connectivity index (χ2n) is 9.19. The van der Waals surface area contributed by atoms with E-state index in [0.29, 0.717) is 24.3 Å². The maximum Gasteiger partial charge on any atom is 0.272 e. The lowest BCUT2D eigenvalue weighted by Gasteiger charge is -2.29. The zero-order valence-corrected chi connectivity index (χ0v) is 21.5. The van der Waals surface area contributed by atoms with E-state index in [1.54, 1.807) is 6.92 Å². The van der Waals surface area contributed by atoms with Crippen molar-refractivity contribution < 1.29 is 14.3 Å². The van der Waals surface area contributed by atoms with Gasteiger partial charge in [-0.2, -0.15) is 0 Å². The number of aryl methyl sites for hydroxylation is 3. The van der Waals surface area contributed by atoms with Gasteiger partial charge in [0, 0.05) is 35.6 Å². The van der Waals surface area contributed by atoms with E-state index < -0.39 is 11.8 Å². The Balaban J connectivity index is 1.68. The summed E-state index contributed by atoms with van der Waals surface area (Å²) in [6, 6.07) is 15.7. The van der Waals surface area contributed by atoms with E-state index in [9.17, 15) is 14.4 Å². The van der Waals surface area contributed by atoms with Crippen molar-refractivity contribution in [3.63, 3.8) is 0 Å². The second-order valence-corrected chi connectivity index (χ2v) is 9.19. The van der Waals surface area contributed by atoms with E-state index in [1.165, 1.54) is 5.01 Å². The minimum atomic E-state index is -0.540. The van der Waals surface area contributed by atoms with E-state index in [1.807, 2.05) is 50.2 Å². The Hall–Kier alpha value is -4.17. The third-order valence-corrected chi connectivity index (χ3v) is 6.51. The SMILES string of the molecule is C=CC(=O)NN(Cc1c(C)cc(C)[nH]c1=O)C(=O)c1cc(-c2cccc(N3CCOCC3)c2)ccc1C. The molecule has 0 atom stereocenters. The predicted octanol–water partition coefficient (Wildman–Crippen LogP) is 3.66. The minimum absolute atomic E-state index is 0.0873. The second kappa shape index (κ2) is 11.3. The molecule has 8 heteroatoms. The molecule has 1 aliphatic heterocycles. The van der Waals surface area contributed by atoms with Crippen molar-refractivity contribution in [2.45, 2.75) is 27.3 Å². The van der Waals surface area contributed by atoms with Crippen LogP contribution in [0.15, 0.2) is 66.0 Å². The number of amides is 2. The normalized spacial score (nSPS) is 13.2. The van der Waals surface area contributed by atoms with Gasteiger partial charge < -0.3 is 14.6 Å². The van der Waals surface area contributed by atoms with Crippen molar-refractivity contribution in [1.82, 2.24) is 15.4 Å². The summed E-state index contributed by atoms with van der Waals surface area (Å²) in [4.78, 5) is 43.6. The number of aromatic nitrogens is 1. The number of carbonyl (C=O) groups is 2. The average Bonchev–Trinajstić information content (AvgIpc) is 2.90. The number of carbonyl (C=O) groups excluding carboxylic acids is 2. The van der Waals surface area contributed by atoms with Crippen LogP contribution in [0, 0.1) is 20.8 Å². The molecule has 2 heterocycles. The first-order chi connectivity index (χ1) is 17.8. The van der Waals surface area contributed by atoms with Gasteiger partial charge in [0.15, 0.2) is 0 Å². The summed E-state index contributed by atoms with van der Waals surface area (Å²) in [5.41, 5.74) is 8.28. The average molecular weight is 501 g/mol. The van der Waals surface area contributed by atoms with E-state index in [2.05, 4.69) is 34.0 Å². The molecule has 8 nitrogen and oxygen atoms in total. The van der Waals surface area contributed by atoms with Gasteiger partial charge in [-0.3, -0.25) is 19.8 Å². The van der Waals surface area contributed by atoms with Gasteiger partial charge in [-0.15, -0.1) is 0 Å². The fourth-order valence-corrected chi connectivity index (χ4v) is 4.46. The summed E-state index contributed by atoms with van der Waals surface area (Å²) < 4.78 is 5.47. The topological polar surface area (TPSA) is 94.7 Å². The first-order valence-electron chi connectivity index (χ1n) is 12.2. The third-order valence-electron chi connectivity index (χ3n) is 6.51. The highest BCUT2D eigenvalue weighted by Gasteiger charge is 2.22. The van der Waals surface area contributed by atoms with Gasteiger partial charge in [-0.05, 0) is 73.4 Å². The summed E-state index contributed by atoms with van der Waals surface area (Å²) in [5.74, 6) is -0.958. The van der Waals surface area contributed by atoms with E-state index >= 15 is 0 Å². The largest absolute Gasteiger partial charge is 0.378 e. The fourth-order valence-electron chi connectivity index (χ4n) is 4.46. The van der Waals surface area contributed by atoms with Crippen molar-refractivity contribution in [3.05, 3.63) is 99.5 Å². The summed E-state index contributed by atoms with van der Waals surface area (Å²) in [7, 11) is 0. The zero-order chi connectivity index (χ0) is 26.5. The molecule has 0 saturated carbocycles. The quantitative estimate of drug-likeness (QED) is 0.398. The van der Waals surface area contributed by atoms with Gasteiger partial charge in [-0.25, -0.2) is 5.01 Å². The number of hydrogen-bond acceptors (Lipinski definition) is 5. The Kier molecular flexibility index (Phi) is 7.89. The molecule has 2 amide bonds. The number of pyridine rings is 1. The van der Waals surface area contributed by atoms with Crippen LogP contribution in [0.2, 0.25) is 0 Å². The number of morpholine rings is 1. The van der Waals surface area contributed by atoms with Crippen molar-refractivity contribution in [2.24, 2.45) is 0 Å². The lowest BCUT2D eigenvalue weighted by atomic mass is 9.98. The molecule has 0 aliphatic carbocycles. The fraction of sp³-hybridized carbons (Fsp3) is 0.276. The number of ether oxygens (including phenoxy) is 1. The molecule has 0 unspecified atom stereocenters. The molecule has 2 N–H and O–H groups in total. The Labute approximate surface area is 216 Å². The number of aromatic amines is 1. The third kappa shape index (κ3) is 5.98. The molecule has 1 fully saturated rings. The number of nitrogens with one attached hydrogen (secondary N) is 2. The van der Waals surface area contributed by atoms with Crippen LogP contribution in [0.4, 0.5) is 5.69 Å². The van der Waals surface area contributed by atoms with Crippen molar-refractivity contribution in [2.75, 3.05) is 31.2 Å². The molecule has 0 radical (unpaired) electrons. The number of nitrogens with zero attached hydrogens (tertiary/aromatic N) is 2. The lowest BCUT2D eigenvalue weighted by molar-refractivity contribution is -0.120. The van der Waals surface area contributed by atoms with Crippen LogP contribution in [0.25, 0.3) is 11.1 Å². The van der Waals surface area contributed by atoms with Gasteiger partial charge in [0.25, 0.3) is 17.4 Å². The minimum Gasteiger partial charge on any atom is -0.378 e. The van der Waals surface area contributed by atoms with Crippen LogP contribution in [-0.4, -0.2) is 48.1 Å². The molecule has 1 aliphatic rings. The van der Waals surface area contributed by atoms with Crippen LogP contribution in [0.1, 0.15) is 32.7 Å². The highest BCUT2D eigenvalue weighted by atomic mass is 16.5. The number of rotatable bonds is 6. The highest BCUT2D eigenvalue weighted by molar-refractivity contribution is 5.99. The first-order valence-corrected chi connectivity index (χ1v) is 12.2. The van der Waals surface area contributed by atoms with Crippen LogP contribution in [-0.2, 0) is 16.1 Å². The maximum atomic E-state index is 13.8. The standard InChI is InChI=1S/C29H32N4O4/c1-5-27(34)31-33(18-26-20(3)15-21(4)30-28(26)35)29(36)25-17-23(10-9-19(25)2)22-7-6-8-24(16-22)32-11-13-37-14-12-32/h5-10,15-17H,1,11-14,18H2,2-4H3,(H,30,35)(H,31,34). The van der Waals surface area contributed by atoms with Crippen molar-refractivity contribution in [1.29, 1.82) is 0 Å². The number of benzene rings is 2. The van der Waals surface area contributed by atoms with E-state index in [-0.39, 0.29) is 12.1 Å². The van der Waals surface area contributed by atoms with Gasteiger partial charge in [0.1, 0.15) is 0 Å². The molecule has 192 valence electrons. The van der Waals surface area contributed by atoms with Crippen molar-refractivity contribution >= 4 is 17.5 Å². The van der Waals surface area contributed by atoms with Gasteiger partial charge in [-0.1, -0.05) is 30.8 Å². The molecule has 2 aromatic carbocycles. The smallest absolute Gasteiger partial charge is 0.272 e. The number of anilines is 1. The number of hydrogen-bond donors (Lipinski definition) is 2. The molecule has 1 aromatic heterocycles. The maximum absolute atomic E-state index is 13.8. The van der Waals surface area contributed by atoms with Crippen LogP contribution in [0.5, 0.6) is 0 Å². The van der Waals surface area contributed by atoms with E-state index in [0.717, 1.165) is 52.8 Å². The summed E-state index contributed by atoms with van der Waals surface area (Å²) >= 11 is 0. The first kappa shape index (κ1) is 25.9. The van der Waals surface area contributed by atoms with Crippen LogP contribution < -0.4 is 15.9 Å². The zero-order valence-electron chi connectivity index (χ0n) is 21.5. The number of hydrazine groups is 1. The molecule has 3 aromatic rings. The molecule has 1 saturated heterocycles. The molecular weight excluding hydrogens is 468 g/mol. The molecular formula is C29H32N4O4. The monoisotopic (exact) mass is 500 g/mol. The summed E-state index contributed by atoms with van der Waals surface area (Å²) in [6.07, 6.45) is 1.09. The molecule has 37 heavy (non-hydrogen) atoms. The molecule has 0 spiro atoms. The number of H-pyrrole nitrogens is 1. The van der Waals surface area contributed by atoms with Gasteiger partial charge >= 0.3 is 0 Å². The predicted molar refractivity (Wildman–Crippen MR) is 144 cm³/mol. The summed E-state index contributed by atoms with van der Waals surface area (Å²) in [5, 5.41) is 1.17. The molecule has 0 bridgehead atoms. The van der Waals surface area contributed by atoms with Gasteiger partial charge in [0.2, 0.25) is 0 Å². The summed E-state index contributed by atoms with van der Waals surface area (Å²) in [6.45, 7) is 11.9. The Morgan fingerprint density at radius 2 is 1.78 bits per heavy atom. The van der Waals surface area contributed by atoms with Crippen LogP contribution >= 0.6 is 0 Å². The lowest BCUT2D eigenvalue weighted by Crippen LogP contribution is -2.46. The van der Waals surface area contributed by atoms with Gasteiger partial charge in [0.05, 0.1) is 19.8 Å². The van der Waals surface area contributed by atoms with Crippen molar-refractivity contribution in [3.8, 4) is 11.1 Å². The Bertz CT molecular complexity index is 1390.